The Balaban J connectivity index is 1.22. The lowest BCUT2D eigenvalue weighted by Crippen LogP contribution is -2.29. The first-order valence-corrected chi connectivity index (χ1v) is 18.6. The number of aromatic nitrogens is 4. The molecule has 0 radical (unpaired) electrons. The first kappa shape index (κ1) is 34.4. The Hall–Kier alpha value is -5.68. The van der Waals surface area contributed by atoms with Crippen molar-refractivity contribution in [2.45, 2.75) is 78.6 Å². The Morgan fingerprint density at radius 2 is 1.17 bits per heavy atom. The molecule has 3 heterocycles. The fourth-order valence-electron chi connectivity index (χ4n) is 7.26. The number of nitrogens with zero attached hydrogens (tertiary/aromatic N) is 4. The summed E-state index contributed by atoms with van der Waals surface area (Å²) >= 11 is 0. The van der Waals surface area contributed by atoms with E-state index in [0.29, 0.717) is 0 Å². The summed E-state index contributed by atoms with van der Waals surface area (Å²) in [7, 11) is 0. The molecule has 3 aromatic heterocycles. The van der Waals surface area contributed by atoms with Crippen molar-refractivity contribution in [3.05, 3.63) is 151 Å². The zero-order chi connectivity index (χ0) is 37.3. The van der Waals surface area contributed by atoms with Crippen LogP contribution in [0.5, 0.6) is 11.5 Å². The topological polar surface area (TPSA) is 35.9 Å². The summed E-state index contributed by atoms with van der Waals surface area (Å²) in [5.74, 6) is 2.45. The van der Waals surface area contributed by atoms with E-state index in [1.54, 1.807) is 0 Å². The molecule has 0 bridgehead atoms. The second-order valence-electron chi connectivity index (χ2n) is 17.4. The molecule has 0 aliphatic rings. The van der Waals surface area contributed by atoms with E-state index in [9.17, 15) is 0 Å². The molecule has 5 aromatic carbocycles. The molecule has 0 saturated heterocycles. The van der Waals surface area contributed by atoms with Gasteiger partial charge >= 0.3 is 0 Å². The summed E-state index contributed by atoms with van der Waals surface area (Å²) in [6.45, 7) is 20.3. The molecule has 0 amide bonds. The van der Waals surface area contributed by atoms with Crippen molar-refractivity contribution >= 4 is 32.8 Å². The Kier molecular flexibility index (Phi) is 8.10. The molecule has 8 rings (SSSR count). The Morgan fingerprint density at radius 3 is 1.92 bits per heavy atom. The Labute approximate surface area is 313 Å². The van der Waals surface area contributed by atoms with Crippen molar-refractivity contribution in [3.8, 4) is 28.7 Å². The molecule has 5 nitrogen and oxygen atoms in total. The van der Waals surface area contributed by atoms with Crippen LogP contribution in [0.15, 0.2) is 134 Å². The molecule has 0 aliphatic heterocycles. The Morgan fingerprint density at radius 1 is 0.528 bits per heavy atom. The van der Waals surface area contributed by atoms with Gasteiger partial charge in [0.05, 0.1) is 11.0 Å². The Bertz CT molecular complexity index is 2650. The van der Waals surface area contributed by atoms with Crippen LogP contribution >= 0.6 is 0 Å². The monoisotopic (exact) mass is 697 g/mol. The van der Waals surface area contributed by atoms with Crippen LogP contribution in [-0.4, -0.2) is 14.1 Å². The van der Waals surface area contributed by atoms with Gasteiger partial charge in [0, 0.05) is 29.1 Å². The van der Waals surface area contributed by atoms with Crippen LogP contribution in [0, 0.1) is 0 Å². The average Bonchev–Trinajstić information content (AvgIpc) is 3.66. The molecule has 5 heteroatoms. The van der Waals surface area contributed by atoms with E-state index in [2.05, 4.69) is 198 Å². The quantitative estimate of drug-likeness (QED) is 0.168. The van der Waals surface area contributed by atoms with Gasteiger partial charge < -0.3 is 4.74 Å². The minimum Gasteiger partial charge on any atom is -0.457 e. The largest absolute Gasteiger partial charge is 0.457 e. The van der Waals surface area contributed by atoms with Gasteiger partial charge in [-0.25, -0.2) is 4.98 Å². The van der Waals surface area contributed by atoms with Crippen molar-refractivity contribution in [1.29, 1.82) is 0 Å². The number of para-hydroxylation sites is 2. The van der Waals surface area contributed by atoms with Crippen molar-refractivity contribution in [2.24, 2.45) is 0 Å². The van der Waals surface area contributed by atoms with Gasteiger partial charge in [0.2, 0.25) is 0 Å². The lowest BCUT2D eigenvalue weighted by Gasteiger charge is -2.21. The fraction of sp³-hybridized carbons (Fsp3) is 0.250. The van der Waals surface area contributed by atoms with Gasteiger partial charge in [0.15, 0.2) is 11.0 Å². The van der Waals surface area contributed by atoms with E-state index in [0.717, 1.165) is 50.8 Å². The third kappa shape index (κ3) is 6.39. The summed E-state index contributed by atoms with van der Waals surface area (Å²) in [5, 5.41) is 2.37. The van der Waals surface area contributed by atoms with E-state index >= 15 is 0 Å². The van der Waals surface area contributed by atoms with E-state index in [1.807, 2.05) is 12.3 Å². The van der Waals surface area contributed by atoms with E-state index in [1.165, 1.54) is 27.5 Å². The number of rotatable bonds is 5. The van der Waals surface area contributed by atoms with Crippen LogP contribution in [0.1, 0.15) is 79.0 Å². The number of hydrogen-bond donors (Lipinski definition) is 0. The zero-order valence-corrected chi connectivity index (χ0v) is 32.4. The van der Waals surface area contributed by atoms with Crippen LogP contribution in [-0.2, 0) is 16.2 Å². The van der Waals surface area contributed by atoms with Gasteiger partial charge in [-0.2, -0.15) is 9.13 Å². The molecule has 0 N–H and O–H groups in total. The number of ether oxygens (including phenoxy) is 1. The first-order valence-electron chi connectivity index (χ1n) is 18.6. The maximum atomic E-state index is 6.69. The molecule has 0 spiro atoms. The molecule has 53 heavy (non-hydrogen) atoms. The number of benzene rings is 5. The molecule has 0 saturated carbocycles. The first-order chi connectivity index (χ1) is 25.1. The molecule has 266 valence electrons. The van der Waals surface area contributed by atoms with Gasteiger partial charge in [-0.3, -0.25) is 4.57 Å². The molecule has 0 atom stereocenters. The molecule has 0 fully saturated rings. The SMILES string of the molecule is CC(C)(C)c1cccc(-[n+]2cn(-c3cccc(Oc4ccc5c6ccc(C(C)(C)C)cc6n(-c6cc(C(C)(C)C)ccn6)c5c4)c3)c3ccccc32)c1. The van der Waals surface area contributed by atoms with Gasteiger partial charge in [-0.15, -0.1) is 0 Å². The smallest absolute Gasteiger partial charge is 0.255 e. The number of hydrogen-bond acceptors (Lipinski definition) is 2. The summed E-state index contributed by atoms with van der Waals surface area (Å²) in [6, 6.07) is 43.4. The van der Waals surface area contributed by atoms with Gasteiger partial charge in [0.25, 0.3) is 6.33 Å². The standard InChI is InChI=1S/C48H49N4O/c1-46(2,3)32-14-12-15-35(26-32)50-31-51(42-19-11-10-18-41(42)50)36-16-13-17-37(29-36)53-38-21-23-40-39-22-20-33(47(4,5)6)27-43(39)52(44(40)30-38)45-28-34(24-25-49-45)48(7,8)9/h10-31H,1-9H3/q+1. The van der Waals surface area contributed by atoms with Crippen LogP contribution in [0.3, 0.4) is 0 Å². The molecular weight excluding hydrogens is 649 g/mol. The van der Waals surface area contributed by atoms with Crippen molar-refractivity contribution in [3.63, 3.8) is 0 Å². The highest BCUT2D eigenvalue weighted by molar-refractivity contribution is 6.09. The van der Waals surface area contributed by atoms with Crippen molar-refractivity contribution in [2.75, 3.05) is 0 Å². The lowest BCUT2D eigenvalue weighted by molar-refractivity contribution is -0.567. The van der Waals surface area contributed by atoms with Crippen LogP contribution < -0.4 is 9.30 Å². The highest BCUT2D eigenvalue weighted by atomic mass is 16.5. The predicted molar refractivity (Wildman–Crippen MR) is 220 cm³/mol. The third-order valence-electron chi connectivity index (χ3n) is 10.4. The van der Waals surface area contributed by atoms with E-state index in [-0.39, 0.29) is 16.2 Å². The number of fused-ring (bicyclic) bond motifs is 4. The highest BCUT2D eigenvalue weighted by Gasteiger charge is 2.23. The van der Waals surface area contributed by atoms with Crippen LogP contribution in [0.2, 0.25) is 0 Å². The maximum absolute atomic E-state index is 6.69. The van der Waals surface area contributed by atoms with Gasteiger partial charge in [-0.1, -0.05) is 105 Å². The van der Waals surface area contributed by atoms with E-state index < -0.39 is 0 Å². The molecule has 0 aliphatic carbocycles. The second kappa shape index (κ2) is 12.5. The van der Waals surface area contributed by atoms with Crippen molar-refractivity contribution in [1.82, 2.24) is 14.1 Å². The van der Waals surface area contributed by atoms with Gasteiger partial charge in [-0.05, 0) is 99.7 Å². The lowest BCUT2D eigenvalue weighted by atomic mass is 9.86. The fourth-order valence-corrected chi connectivity index (χ4v) is 7.26. The minimum absolute atomic E-state index is 0.00686. The second-order valence-corrected chi connectivity index (χ2v) is 17.4. The number of imidazole rings is 1. The molecule has 8 aromatic rings. The third-order valence-corrected chi connectivity index (χ3v) is 10.4. The summed E-state index contributed by atoms with van der Waals surface area (Å²) in [4.78, 5) is 4.93. The van der Waals surface area contributed by atoms with Gasteiger partial charge in [0.1, 0.15) is 28.7 Å². The number of pyridine rings is 1. The minimum atomic E-state index is -0.00686. The summed E-state index contributed by atoms with van der Waals surface area (Å²) in [5.41, 5.74) is 10.5. The molecule has 0 unspecified atom stereocenters. The van der Waals surface area contributed by atoms with Crippen molar-refractivity contribution < 1.29 is 9.30 Å². The van der Waals surface area contributed by atoms with Crippen LogP contribution in [0.4, 0.5) is 0 Å². The van der Waals surface area contributed by atoms with Crippen LogP contribution in [0.25, 0.3) is 50.0 Å². The summed E-state index contributed by atoms with van der Waals surface area (Å²) in [6.07, 6.45) is 4.11. The maximum Gasteiger partial charge on any atom is 0.255 e. The predicted octanol–water partition coefficient (Wildman–Crippen LogP) is 12.1. The van der Waals surface area contributed by atoms with E-state index in [4.69, 9.17) is 9.72 Å². The zero-order valence-electron chi connectivity index (χ0n) is 32.4. The average molecular weight is 698 g/mol. The normalized spacial score (nSPS) is 12.6. The highest BCUT2D eigenvalue weighted by Crippen LogP contribution is 2.38. The summed E-state index contributed by atoms with van der Waals surface area (Å²) < 4.78 is 13.5. The molecular formula is C48H49N4O+.